The number of carbonyl (C=O) groups is 1. The molecule has 1 aromatic carbocycles. The van der Waals surface area contributed by atoms with Crippen LogP contribution < -0.4 is 0 Å². The summed E-state index contributed by atoms with van der Waals surface area (Å²) in [4.78, 5) is 11.9. The van der Waals surface area contributed by atoms with Gasteiger partial charge in [-0.1, -0.05) is 33.1 Å². The van der Waals surface area contributed by atoms with Crippen molar-refractivity contribution in [2.45, 2.75) is 39.5 Å². The Hall–Kier alpha value is -1.31. The number of benzene rings is 1. The van der Waals surface area contributed by atoms with E-state index in [9.17, 15) is 4.79 Å². The number of aromatic hydroxyl groups is 1. The minimum atomic E-state index is 0.181. The Morgan fingerprint density at radius 3 is 2.38 bits per heavy atom. The van der Waals surface area contributed by atoms with E-state index in [4.69, 9.17) is 5.11 Å². The molecule has 0 aliphatic rings. The Kier molecular flexibility index (Phi) is 5.03. The second-order valence-electron chi connectivity index (χ2n) is 4.24. The molecule has 1 N–H and O–H groups in total. The molecule has 0 aliphatic heterocycles. The summed E-state index contributed by atoms with van der Waals surface area (Å²) in [5, 5.41) is 9.14. The van der Waals surface area contributed by atoms with Gasteiger partial charge >= 0.3 is 0 Å². The van der Waals surface area contributed by atoms with Crippen LogP contribution in [0.4, 0.5) is 0 Å². The summed E-state index contributed by atoms with van der Waals surface area (Å²) in [6, 6.07) is 6.51. The average molecular weight is 220 g/mol. The van der Waals surface area contributed by atoms with Crippen LogP contribution in [0.25, 0.3) is 0 Å². The quantitative estimate of drug-likeness (QED) is 0.740. The molecule has 0 spiro atoms. The summed E-state index contributed by atoms with van der Waals surface area (Å²) in [6.07, 6.45) is 3.91. The van der Waals surface area contributed by atoms with Gasteiger partial charge in [-0.15, -0.1) is 0 Å². The lowest BCUT2D eigenvalue weighted by molar-refractivity contribution is 0.0957. The summed E-state index contributed by atoms with van der Waals surface area (Å²) in [6.45, 7) is 4.28. The smallest absolute Gasteiger partial charge is 0.163 e. The number of carbonyl (C=O) groups excluding carboxylic acids is 1. The number of phenols is 1. The molecule has 0 saturated carbocycles. The highest BCUT2D eigenvalue weighted by Gasteiger charge is 2.12. The molecule has 88 valence electrons. The Bertz CT molecular complexity index is 327. The first-order valence-electron chi connectivity index (χ1n) is 5.99. The summed E-state index contributed by atoms with van der Waals surface area (Å²) in [5.74, 6) is 0.878. The van der Waals surface area contributed by atoms with Gasteiger partial charge in [0.15, 0.2) is 5.78 Å². The van der Waals surface area contributed by atoms with Crippen molar-refractivity contribution in [3.05, 3.63) is 29.8 Å². The van der Waals surface area contributed by atoms with Crippen LogP contribution in [0.15, 0.2) is 24.3 Å². The SMILES string of the molecule is CCCC(CC)CC(=O)c1ccc(O)cc1. The van der Waals surface area contributed by atoms with E-state index >= 15 is 0 Å². The normalized spacial score (nSPS) is 12.4. The zero-order valence-electron chi connectivity index (χ0n) is 10.1. The van der Waals surface area contributed by atoms with E-state index in [1.54, 1.807) is 24.3 Å². The van der Waals surface area contributed by atoms with E-state index in [1.807, 2.05) is 0 Å². The summed E-state index contributed by atoms with van der Waals surface area (Å²) >= 11 is 0. The zero-order valence-corrected chi connectivity index (χ0v) is 10.1. The summed E-state index contributed by atoms with van der Waals surface area (Å²) < 4.78 is 0. The second-order valence-corrected chi connectivity index (χ2v) is 4.24. The van der Waals surface area contributed by atoms with E-state index in [-0.39, 0.29) is 11.5 Å². The maximum Gasteiger partial charge on any atom is 0.163 e. The lowest BCUT2D eigenvalue weighted by Crippen LogP contribution is -2.08. The van der Waals surface area contributed by atoms with Gasteiger partial charge in [0.05, 0.1) is 0 Å². The van der Waals surface area contributed by atoms with Crippen molar-refractivity contribution >= 4 is 5.78 Å². The predicted octanol–water partition coefficient (Wildman–Crippen LogP) is 3.79. The number of hydrogen-bond donors (Lipinski definition) is 1. The van der Waals surface area contributed by atoms with E-state index in [0.717, 1.165) is 19.3 Å². The van der Waals surface area contributed by atoms with Crippen LogP contribution in [0.5, 0.6) is 5.75 Å². The largest absolute Gasteiger partial charge is 0.508 e. The van der Waals surface area contributed by atoms with Gasteiger partial charge in [-0.05, 0) is 30.2 Å². The third-order valence-corrected chi connectivity index (χ3v) is 2.94. The number of rotatable bonds is 6. The van der Waals surface area contributed by atoms with Crippen LogP contribution in [0.1, 0.15) is 49.9 Å². The molecule has 1 rings (SSSR count). The van der Waals surface area contributed by atoms with Gasteiger partial charge in [-0.2, -0.15) is 0 Å². The monoisotopic (exact) mass is 220 g/mol. The van der Waals surface area contributed by atoms with Crippen molar-refractivity contribution in [1.82, 2.24) is 0 Å². The standard InChI is InChI=1S/C14H20O2/c1-3-5-11(4-2)10-14(16)12-6-8-13(15)9-7-12/h6-9,11,15H,3-5,10H2,1-2H3. The van der Waals surface area contributed by atoms with Crippen molar-refractivity contribution in [2.75, 3.05) is 0 Å². The fourth-order valence-corrected chi connectivity index (χ4v) is 1.89. The molecule has 0 fully saturated rings. The third kappa shape index (κ3) is 3.69. The number of hydrogen-bond acceptors (Lipinski definition) is 2. The maximum atomic E-state index is 11.9. The highest BCUT2D eigenvalue weighted by Crippen LogP contribution is 2.19. The lowest BCUT2D eigenvalue weighted by Gasteiger charge is -2.12. The van der Waals surface area contributed by atoms with Gasteiger partial charge in [0, 0.05) is 12.0 Å². The van der Waals surface area contributed by atoms with E-state index in [0.29, 0.717) is 17.9 Å². The number of Topliss-reactive ketones (excluding diaryl/α,β-unsaturated/α-hetero) is 1. The first-order chi connectivity index (χ1) is 7.67. The first-order valence-corrected chi connectivity index (χ1v) is 5.99. The van der Waals surface area contributed by atoms with Crippen LogP contribution >= 0.6 is 0 Å². The molecule has 1 aromatic rings. The Labute approximate surface area is 97.3 Å². The Balaban J connectivity index is 2.60. The van der Waals surface area contributed by atoms with Crippen LogP contribution in [0.3, 0.4) is 0 Å². The summed E-state index contributed by atoms with van der Waals surface area (Å²) in [5.41, 5.74) is 0.701. The molecular weight excluding hydrogens is 200 g/mol. The van der Waals surface area contributed by atoms with Gasteiger partial charge in [0.25, 0.3) is 0 Å². The van der Waals surface area contributed by atoms with Gasteiger partial charge in [-0.3, -0.25) is 4.79 Å². The molecule has 0 aliphatic carbocycles. The minimum Gasteiger partial charge on any atom is -0.508 e. The minimum absolute atomic E-state index is 0.181. The number of phenolic OH excluding ortho intramolecular Hbond substituents is 1. The fraction of sp³-hybridized carbons (Fsp3) is 0.500. The highest BCUT2D eigenvalue weighted by atomic mass is 16.3. The van der Waals surface area contributed by atoms with Crippen molar-refractivity contribution in [3.8, 4) is 5.75 Å². The second kappa shape index (κ2) is 6.31. The predicted molar refractivity (Wildman–Crippen MR) is 65.7 cm³/mol. The van der Waals surface area contributed by atoms with Gasteiger partial charge in [0.1, 0.15) is 5.75 Å². The van der Waals surface area contributed by atoms with Crippen LogP contribution in [0, 0.1) is 5.92 Å². The van der Waals surface area contributed by atoms with E-state index < -0.39 is 0 Å². The van der Waals surface area contributed by atoms with Gasteiger partial charge in [0.2, 0.25) is 0 Å². The molecule has 0 aromatic heterocycles. The Morgan fingerprint density at radius 1 is 1.25 bits per heavy atom. The van der Waals surface area contributed by atoms with Gasteiger partial charge in [-0.25, -0.2) is 0 Å². The van der Waals surface area contributed by atoms with Crippen molar-refractivity contribution in [3.63, 3.8) is 0 Å². The lowest BCUT2D eigenvalue weighted by atomic mass is 9.92. The molecule has 16 heavy (non-hydrogen) atoms. The van der Waals surface area contributed by atoms with Crippen molar-refractivity contribution in [2.24, 2.45) is 5.92 Å². The van der Waals surface area contributed by atoms with Crippen LogP contribution in [-0.2, 0) is 0 Å². The van der Waals surface area contributed by atoms with Crippen molar-refractivity contribution < 1.29 is 9.90 Å². The molecule has 1 unspecified atom stereocenters. The van der Waals surface area contributed by atoms with Gasteiger partial charge < -0.3 is 5.11 Å². The molecule has 2 nitrogen and oxygen atoms in total. The fourth-order valence-electron chi connectivity index (χ4n) is 1.89. The van der Waals surface area contributed by atoms with E-state index in [2.05, 4.69) is 13.8 Å². The van der Waals surface area contributed by atoms with E-state index in [1.165, 1.54) is 0 Å². The molecule has 0 heterocycles. The third-order valence-electron chi connectivity index (χ3n) is 2.94. The number of ketones is 1. The average Bonchev–Trinajstić information content (AvgIpc) is 2.29. The van der Waals surface area contributed by atoms with Crippen LogP contribution in [0.2, 0.25) is 0 Å². The first kappa shape index (κ1) is 12.8. The molecule has 2 heteroatoms. The molecule has 0 amide bonds. The highest BCUT2D eigenvalue weighted by molar-refractivity contribution is 5.96. The molecular formula is C14H20O2. The topological polar surface area (TPSA) is 37.3 Å². The Morgan fingerprint density at radius 2 is 1.88 bits per heavy atom. The molecule has 1 atom stereocenters. The molecule has 0 radical (unpaired) electrons. The van der Waals surface area contributed by atoms with Crippen LogP contribution in [-0.4, -0.2) is 10.9 Å². The zero-order chi connectivity index (χ0) is 12.0. The maximum absolute atomic E-state index is 11.9. The molecule has 0 bridgehead atoms. The molecule has 0 saturated heterocycles. The summed E-state index contributed by atoms with van der Waals surface area (Å²) in [7, 11) is 0. The van der Waals surface area contributed by atoms with Crippen molar-refractivity contribution in [1.29, 1.82) is 0 Å².